The van der Waals surface area contributed by atoms with Gasteiger partial charge < -0.3 is 10.6 Å². The van der Waals surface area contributed by atoms with E-state index in [0.29, 0.717) is 0 Å². The molecule has 0 heterocycles. The maximum Gasteiger partial charge on any atom is 0.241 e. The number of carbonyl (C=O) groups excluding carboxylic acids is 1. The lowest BCUT2D eigenvalue weighted by molar-refractivity contribution is -0.117. The van der Waals surface area contributed by atoms with Crippen molar-refractivity contribution < 1.29 is 4.79 Å². The van der Waals surface area contributed by atoms with Crippen molar-refractivity contribution in [3.63, 3.8) is 0 Å². The Morgan fingerprint density at radius 2 is 1.89 bits per heavy atom. The van der Waals surface area contributed by atoms with Crippen LogP contribution in [0.3, 0.4) is 0 Å². The molecule has 1 unspecified atom stereocenters. The number of amides is 1. The zero-order valence-corrected chi connectivity index (χ0v) is 12.7. The van der Waals surface area contributed by atoms with Gasteiger partial charge in [-0.25, -0.2) is 0 Å². The van der Waals surface area contributed by atoms with Gasteiger partial charge in [-0.15, -0.1) is 24.8 Å². The molecule has 0 aliphatic rings. The van der Waals surface area contributed by atoms with Crippen molar-refractivity contribution in [1.82, 2.24) is 5.32 Å². The van der Waals surface area contributed by atoms with Gasteiger partial charge in [-0.3, -0.25) is 4.79 Å². The summed E-state index contributed by atoms with van der Waals surface area (Å²) < 4.78 is 0. The van der Waals surface area contributed by atoms with E-state index < -0.39 is 0 Å². The summed E-state index contributed by atoms with van der Waals surface area (Å²) in [6.45, 7) is 6.81. The molecule has 104 valence electrons. The molecular weight excluding hydrogens is 271 g/mol. The molecule has 0 saturated heterocycles. The molecule has 1 aromatic rings. The summed E-state index contributed by atoms with van der Waals surface area (Å²) >= 11 is 0. The molecule has 0 fully saturated rings. The first-order valence-electron chi connectivity index (χ1n) is 5.75. The topological polar surface area (TPSA) is 41.1 Å². The van der Waals surface area contributed by atoms with Crippen molar-refractivity contribution >= 4 is 36.4 Å². The first kappa shape index (κ1) is 19.6. The lowest BCUT2D eigenvalue weighted by atomic mass is 10.2. The van der Waals surface area contributed by atoms with Crippen molar-refractivity contribution in [1.29, 1.82) is 0 Å². The first-order chi connectivity index (χ1) is 7.65. The number of hydrogen-bond donors (Lipinski definition) is 2. The van der Waals surface area contributed by atoms with Gasteiger partial charge >= 0.3 is 0 Å². The van der Waals surface area contributed by atoms with Gasteiger partial charge in [-0.1, -0.05) is 25.1 Å². The summed E-state index contributed by atoms with van der Waals surface area (Å²) in [7, 11) is 0. The maximum atomic E-state index is 11.8. The molecular formula is C13H22Cl2N2O. The Kier molecular flexibility index (Phi) is 11.1. The van der Waals surface area contributed by atoms with Crippen LogP contribution in [0.5, 0.6) is 0 Å². The van der Waals surface area contributed by atoms with Crippen LogP contribution in [0.2, 0.25) is 0 Å². The van der Waals surface area contributed by atoms with Crippen LogP contribution < -0.4 is 10.6 Å². The number of aryl methyl sites for hydroxylation is 1. The van der Waals surface area contributed by atoms with E-state index in [1.54, 1.807) is 0 Å². The molecule has 0 spiro atoms. The van der Waals surface area contributed by atoms with Crippen LogP contribution in [-0.2, 0) is 4.79 Å². The number of rotatable bonds is 5. The fraction of sp³-hybridized carbons (Fsp3) is 0.462. The van der Waals surface area contributed by atoms with Gasteiger partial charge in [0.15, 0.2) is 0 Å². The third-order valence-corrected chi connectivity index (χ3v) is 2.50. The van der Waals surface area contributed by atoms with Gasteiger partial charge in [-0.2, -0.15) is 0 Å². The van der Waals surface area contributed by atoms with Crippen LogP contribution >= 0.6 is 24.8 Å². The Balaban J connectivity index is 0. The predicted octanol–water partition coefficient (Wildman–Crippen LogP) is 3.17. The van der Waals surface area contributed by atoms with Crippen LogP contribution in [0, 0.1) is 6.92 Å². The maximum absolute atomic E-state index is 11.8. The molecule has 1 amide bonds. The SMILES string of the molecule is CCCNC(C)C(=O)Nc1ccccc1C.Cl.Cl. The highest BCUT2D eigenvalue weighted by molar-refractivity contribution is 5.95. The summed E-state index contributed by atoms with van der Waals surface area (Å²) in [5, 5.41) is 6.08. The largest absolute Gasteiger partial charge is 0.324 e. The van der Waals surface area contributed by atoms with E-state index in [9.17, 15) is 4.79 Å². The zero-order valence-electron chi connectivity index (χ0n) is 11.0. The van der Waals surface area contributed by atoms with E-state index in [1.807, 2.05) is 38.1 Å². The van der Waals surface area contributed by atoms with Crippen LogP contribution in [0.4, 0.5) is 5.69 Å². The highest BCUT2D eigenvalue weighted by Crippen LogP contribution is 2.13. The molecule has 1 atom stereocenters. The van der Waals surface area contributed by atoms with Crippen LogP contribution in [-0.4, -0.2) is 18.5 Å². The van der Waals surface area contributed by atoms with Crippen LogP contribution in [0.1, 0.15) is 25.8 Å². The van der Waals surface area contributed by atoms with Crippen molar-refractivity contribution in [2.24, 2.45) is 0 Å². The minimum Gasteiger partial charge on any atom is -0.324 e. The zero-order chi connectivity index (χ0) is 12.0. The third-order valence-electron chi connectivity index (χ3n) is 2.50. The Hall–Kier alpha value is -0.770. The van der Waals surface area contributed by atoms with E-state index >= 15 is 0 Å². The first-order valence-corrected chi connectivity index (χ1v) is 5.75. The highest BCUT2D eigenvalue weighted by Gasteiger charge is 2.11. The summed E-state index contributed by atoms with van der Waals surface area (Å²) in [6, 6.07) is 7.63. The molecule has 1 rings (SSSR count). The number of halogens is 2. The second kappa shape index (κ2) is 10.2. The van der Waals surface area contributed by atoms with Gasteiger partial charge in [-0.05, 0) is 38.4 Å². The number of anilines is 1. The quantitative estimate of drug-likeness (QED) is 0.875. The van der Waals surface area contributed by atoms with Crippen LogP contribution in [0.25, 0.3) is 0 Å². The number of nitrogens with one attached hydrogen (secondary N) is 2. The monoisotopic (exact) mass is 292 g/mol. The van der Waals surface area contributed by atoms with E-state index in [1.165, 1.54) is 0 Å². The van der Waals surface area contributed by atoms with E-state index in [-0.39, 0.29) is 36.8 Å². The van der Waals surface area contributed by atoms with E-state index in [2.05, 4.69) is 17.6 Å². The minimum atomic E-state index is -0.153. The van der Waals surface area contributed by atoms with E-state index in [4.69, 9.17) is 0 Å². The van der Waals surface area contributed by atoms with Gasteiger partial charge in [0.1, 0.15) is 0 Å². The van der Waals surface area contributed by atoms with Gasteiger partial charge in [0, 0.05) is 5.69 Å². The second-order valence-electron chi connectivity index (χ2n) is 3.98. The van der Waals surface area contributed by atoms with Crippen LogP contribution in [0.15, 0.2) is 24.3 Å². The standard InChI is InChI=1S/C13H20N2O.2ClH/c1-4-9-14-11(3)13(16)15-12-8-6-5-7-10(12)2;;/h5-8,11,14H,4,9H2,1-3H3,(H,15,16);2*1H. The molecule has 0 aromatic heterocycles. The summed E-state index contributed by atoms with van der Waals surface area (Å²) in [6.07, 6.45) is 1.03. The summed E-state index contributed by atoms with van der Waals surface area (Å²) in [5.74, 6) is 0.0164. The number of hydrogen-bond acceptors (Lipinski definition) is 2. The fourth-order valence-electron chi connectivity index (χ4n) is 1.41. The lowest BCUT2D eigenvalue weighted by Crippen LogP contribution is -2.38. The smallest absolute Gasteiger partial charge is 0.241 e. The normalized spacial score (nSPS) is 10.8. The van der Waals surface area contributed by atoms with Gasteiger partial charge in [0.2, 0.25) is 5.91 Å². The van der Waals surface area contributed by atoms with Gasteiger partial charge in [0.05, 0.1) is 6.04 Å². The average Bonchev–Trinajstić information content (AvgIpc) is 2.28. The van der Waals surface area contributed by atoms with Crippen molar-refractivity contribution in [3.8, 4) is 0 Å². The molecule has 0 radical (unpaired) electrons. The number of carbonyl (C=O) groups is 1. The van der Waals surface area contributed by atoms with Crippen molar-refractivity contribution in [2.45, 2.75) is 33.2 Å². The predicted molar refractivity (Wildman–Crippen MR) is 82.1 cm³/mol. The molecule has 1 aromatic carbocycles. The molecule has 3 nitrogen and oxygen atoms in total. The molecule has 0 aliphatic carbocycles. The summed E-state index contributed by atoms with van der Waals surface area (Å²) in [5.41, 5.74) is 1.97. The third kappa shape index (κ3) is 6.24. The Morgan fingerprint density at radius 1 is 1.28 bits per heavy atom. The minimum absolute atomic E-state index is 0. The van der Waals surface area contributed by atoms with Gasteiger partial charge in [0.25, 0.3) is 0 Å². The average molecular weight is 293 g/mol. The molecule has 5 heteroatoms. The van der Waals surface area contributed by atoms with E-state index in [0.717, 1.165) is 24.2 Å². The fourth-order valence-corrected chi connectivity index (χ4v) is 1.41. The number of benzene rings is 1. The van der Waals surface area contributed by atoms with Crippen molar-refractivity contribution in [3.05, 3.63) is 29.8 Å². The lowest BCUT2D eigenvalue weighted by Gasteiger charge is -2.14. The molecule has 0 aliphatic heterocycles. The number of para-hydroxylation sites is 1. The summed E-state index contributed by atoms with van der Waals surface area (Å²) in [4.78, 5) is 11.8. The Bertz CT molecular complexity index is 359. The molecule has 18 heavy (non-hydrogen) atoms. The molecule has 0 saturated carbocycles. The second-order valence-corrected chi connectivity index (χ2v) is 3.98. The Morgan fingerprint density at radius 3 is 2.44 bits per heavy atom. The molecule has 0 bridgehead atoms. The van der Waals surface area contributed by atoms with Crippen molar-refractivity contribution in [2.75, 3.05) is 11.9 Å². The Labute approximate surface area is 122 Å². The molecule has 2 N–H and O–H groups in total. The highest BCUT2D eigenvalue weighted by atomic mass is 35.5.